The molecule has 4 N–H and O–H groups in total. The highest BCUT2D eigenvalue weighted by molar-refractivity contribution is 5.99. The Labute approximate surface area is 107 Å². The van der Waals surface area contributed by atoms with Crippen molar-refractivity contribution in [3.8, 4) is 5.75 Å². The summed E-state index contributed by atoms with van der Waals surface area (Å²) in [7, 11) is 1.55. The largest absolute Gasteiger partial charge is 0.496 e. The predicted octanol–water partition coefficient (Wildman–Crippen LogP) is 1.46. The third-order valence-electron chi connectivity index (χ3n) is 2.41. The second-order valence-electron chi connectivity index (χ2n) is 4.08. The van der Waals surface area contributed by atoms with Gasteiger partial charge in [0.1, 0.15) is 5.75 Å². The summed E-state index contributed by atoms with van der Waals surface area (Å²) in [5, 5.41) is 14.9. The van der Waals surface area contributed by atoms with E-state index >= 15 is 0 Å². The molecule has 0 saturated carbocycles. The van der Waals surface area contributed by atoms with E-state index in [0.717, 1.165) is 17.7 Å². The average Bonchev–Trinajstić information content (AvgIpc) is 2.37. The molecule has 0 aromatic heterocycles. The number of hydrogen-bond acceptors (Lipinski definition) is 4. The van der Waals surface area contributed by atoms with Crippen molar-refractivity contribution in [2.45, 2.75) is 13.5 Å². The molecular weight excluding hydrogens is 230 g/mol. The van der Waals surface area contributed by atoms with Crippen LogP contribution in [0.25, 0.3) is 0 Å². The number of benzene rings is 1. The molecule has 98 valence electrons. The van der Waals surface area contributed by atoms with Crippen molar-refractivity contribution < 1.29 is 9.94 Å². The van der Waals surface area contributed by atoms with Crippen molar-refractivity contribution in [3.05, 3.63) is 41.5 Å². The van der Waals surface area contributed by atoms with Crippen LogP contribution in [0.1, 0.15) is 18.1 Å². The van der Waals surface area contributed by atoms with Gasteiger partial charge in [0.05, 0.1) is 12.7 Å². The topological polar surface area (TPSA) is 79.9 Å². The lowest BCUT2D eigenvalue weighted by molar-refractivity contribution is 0.318. The molecule has 5 heteroatoms. The van der Waals surface area contributed by atoms with Crippen molar-refractivity contribution in [1.29, 1.82) is 0 Å². The van der Waals surface area contributed by atoms with Crippen LogP contribution in [0.15, 0.2) is 35.5 Å². The number of hydrogen-bond donors (Lipinski definition) is 3. The number of ether oxygens (including phenoxy) is 1. The smallest absolute Gasteiger partial charge is 0.173 e. The molecule has 0 spiro atoms. The van der Waals surface area contributed by atoms with Gasteiger partial charge in [0.25, 0.3) is 0 Å². The normalized spacial score (nSPS) is 11.3. The van der Waals surface area contributed by atoms with Gasteiger partial charge in [-0.3, -0.25) is 0 Å². The van der Waals surface area contributed by atoms with Crippen LogP contribution < -0.4 is 15.8 Å². The molecule has 0 fully saturated rings. The summed E-state index contributed by atoms with van der Waals surface area (Å²) in [5.41, 5.74) is 8.26. The zero-order valence-corrected chi connectivity index (χ0v) is 10.7. The Hall–Kier alpha value is -2.01. The summed E-state index contributed by atoms with van der Waals surface area (Å²) in [6, 6.07) is 5.53. The summed E-state index contributed by atoms with van der Waals surface area (Å²) in [6.07, 6.45) is 0. The van der Waals surface area contributed by atoms with Gasteiger partial charge in [-0.05, 0) is 24.6 Å². The molecule has 1 rings (SSSR count). The van der Waals surface area contributed by atoms with E-state index in [9.17, 15) is 0 Å². The Morgan fingerprint density at radius 3 is 2.83 bits per heavy atom. The fourth-order valence-electron chi connectivity index (χ4n) is 1.53. The lowest BCUT2D eigenvalue weighted by Crippen LogP contribution is -2.17. The minimum absolute atomic E-state index is 0.0355. The molecule has 5 nitrogen and oxygen atoms in total. The van der Waals surface area contributed by atoms with Crippen molar-refractivity contribution in [3.63, 3.8) is 0 Å². The molecule has 1 aromatic carbocycles. The van der Waals surface area contributed by atoms with Gasteiger partial charge in [0, 0.05) is 13.1 Å². The summed E-state index contributed by atoms with van der Waals surface area (Å²) in [5.74, 6) is 0.619. The van der Waals surface area contributed by atoms with E-state index in [-0.39, 0.29) is 5.84 Å². The van der Waals surface area contributed by atoms with Crippen molar-refractivity contribution in [2.75, 3.05) is 13.7 Å². The van der Waals surface area contributed by atoms with Crippen molar-refractivity contribution >= 4 is 5.84 Å². The van der Waals surface area contributed by atoms with Crippen LogP contribution in [0.2, 0.25) is 0 Å². The molecule has 18 heavy (non-hydrogen) atoms. The number of amidine groups is 1. The van der Waals surface area contributed by atoms with Gasteiger partial charge < -0.3 is 21.0 Å². The van der Waals surface area contributed by atoms with Gasteiger partial charge in [0.2, 0.25) is 0 Å². The second-order valence-corrected chi connectivity index (χ2v) is 4.08. The quantitative estimate of drug-likeness (QED) is 0.234. The van der Waals surface area contributed by atoms with Crippen molar-refractivity contribution in [1.82, 2.24) is 5.32 Å². The predicted molar refractivity (Wildman–Crippen MR) is 72.0 cm³/mol. The van der Waals surface area contributed by atoms with Crippen LogP contribution in [-0.2, 0) is 6.54 Å². The first-order valence-electron chi connectivity index (χ1n) is 5.58. The Kier molecular flexibility index (Phi) is 5.20. The number of oxime groups is 1. The zero-order chi connectivity index (χ0) is 13.5. The molecule has 0 aliphatic heterocycles. The van der Waals surface area contributed by atoms with Crippen LogP contribution in [0.5, 0.6) is 5.75 Å². The highest BCUT2D eigenvalue weighted by Crippen LogP contribution is 2.20. The summed E-state index contributed by atoms with van der Waals surface area (Å²) in [4.78, 5) is 0. The van der Waals surface area contributed by atoms with E-state index in [1.54, 1.807) is 13.2 Å². The second kappa shape index (κ2) is 6.66. The standard InChI is InChI=1S/C13H19N3O2/c1-9(2)7-15-8-10-4-5-11(13(14)16-17)12(6-10)18-3/h4-6,15,17H,1,7-8H2,2-3H3,(H2,14,16). The minimum atomic E-state index is 0.0355. The highest BCUT2D eigenvalue weighted by atomic mass is 16.5. The van der Waals surface area contributed by atoms with Crippen LogP contribution in [-0.4, -0.2) is 24.7 Å². The summed E-state index contributed by atoms with van der Waals surface area (Å²) >= 11 is 0. The maximum absolute atomic E-state index is 8.67. The summed E-state index contributed by atoms with van der Waals surface area (Å²) in [6.45, 7) is 7.26. The molecule has 1 aromatic rings. The van der Waals surface area contributed by atoms with Crippen LogP contribution >= 0.6 is 0 Å². The first kappa shape index (κ1) is 14.1. The Balaban J connectivity index is 2.82. The third kappa shape index (κ3) is 3.78. The maximum Gasteiger partial charge on any atom is 0.173 e. The van der Waals surface area contributed by atoms with Gasteiger partial charge >= 0.3 is 0 Å². The minimum Gasteiger partial charge on any atom is -0.496 e. The van der Waals surface area contributed by atoms with Gasteiger partial charge in [0.15, 0.2) is 5.84 Å². The first-order chi connectivity index (χ1) is 8.58. The molecule has 0 aliphatic rings. The van der Waals surface area contributed by atoms with Crippen LogP contribution in [0.3, 0.4) is 0 Å². The maximum atomic E-state index is 8.67. The zero-order valence-electron chi connectivity index (χ0n) is 10.7. The van der Waals surface area contributed by atoms with E-state index < -0.39 is 0 Å². The molecule has 0 bridgehead atoms. The van der Waals surface area contributed by atoms with Crippen molar-refractivity contribution in [2.24, 2.45) is 10.9 Å². The van der Waals surface area contributed by atoms with E-state index in [1.165, 1.54) is 0 Å². The van der Waals surface area contributed by atoms with Gasteiger partial charge in [-0.15, -0.1) is 0 Å². The van der Waals surface area contributed by atoms with E-state index in [0.29, 0.717) is 17.9 Å². The SMILES string of the molecule is C=C(C)CNCc1ccc(/C(N)=N/O)c(OC)c1. The van der Waals surface area contributed by atoms with E-state index in [1.807, 2.05) is 19.1 Å². The number of nitrogens with zero attached hydrogens (tertiary/aromatic N) is 1. The Bertz CT molecular complexity index is 456. The number of rotatable bonds is 6. The first-order valence-corrected chi connectivity index (χ1v) is 5.58. The molecule has 0 amide bonds. The molecule has 0 saturated heterocycles. The van der Waals surface area contributed by atoms with Gasteiger partial charge in [-0.1, -0.05) is 23.4 Å². The van der Waals surface area contributed by atoms with E-state index in [4.69, 9.17) is 15.7 Å². The lowest BCUT2D eigenvalue weighted by Gasteiger charge is -2.10. The highest BCUT2D eigenvalue weighted by Gasteiger charge is 2.08. The fraction of sp³-hybridized carbons (Fsp3) is 0.308. The van der Waals surface area contributed by atoms with E-state index in [2.05, 4.69) is 17.1 Å². The average molecular weight is 249 g/mol. The number of nitrogens with one attached hydrogen (secondary N) is 1. The Morgan fingerprint density at radius 2 is 2.28 bits per heavy atom. The molecular formula is C13H19N3O2. The number of methoxy groups -OCH3 is 1. The van der Waals surface area contributed by atoms with Crippen LogP contribution in [0, 0.1) is 0 Å². The molecule has 0 unspecified atom stereocenters. The molecule has 0 heterocycles. The third-order valence-corrected chi connectivity index (χ3v) is 2.41. The van der Waals surface area contributed by atoms with Gasteiger partial charge in [-0.25, -0.2) is 0 Å². The molecule has 0 atom stereocenters. The fourth-order valence-corrected chi connectivity index (χ4v) is 1.53. The van der Waals surface area contributed by atoms with Crippen LogP contribution in [0.4, 0.5) is 0 Å². The Morgan fingerprint density at radius 1 is 1.56 bits per heavy atom. The summed E-state index contributed by atoms with van der Waals surface area (Å²) < 4.78 is 5.22. The number of nitrogens with two attached hydrogens (primary N) is 1. The molecule has 0 radical (unpaired) electrons. The monoisotopic (exact) mass is 249 g/mol. The molecule has 0 aliphatic carbocycles. The lowest BCUT2D eigenvalue weighted by atomic mass is 10.1. The van der Waals surface area contributed by atoms with Gasteiger partial charge in [-0.2, -0.15) is 0 Å².